The summed E-state index contributed by atoms with van der Waals surface area (Å²) in [5.41, 5.74) is 0.0796. The molecule has 4 nitrogen and oxygen atoms in total. The highest BCUT2D eigenvalue weighted by Gasteiger charge is 2.53. The third kappa shape index (κ3) is 26.7. The van der Waals surface area contributed by atoms with Gasteiger partial charge in [0.25, 0.3) is 0 Å². The quantitative estimate of drug-likeness (QED) is 0.0574. The van der Waals surface area contributed by atoms with Crippen molar-refractivity contribution in [3.05, 3.63) is 0 Å². The second-order valence-electron chi connectivity index (χ2n) is 19.7. The van der Waals surface area contributed by atoms with Crippen LogP contribution < -0.4 is 0 Å². The number of rotatable bonds is 46. The van der Waals surface area contributed by atoms with Crippen molar-refractivity contribution in [1.29, 1.82) is 0 Å². The first-order chi connectivity index (χ1) is 27.9. The van der Waals surface area contributed by atoms with Crippen LogP contribution in [0.2, 0.25) is 0 Å². The Morgan fingerprint density at radius 3 is 0.772 bits per heavy atom. The smallest absolute Gasteiger partial charge is 0.244 e. The molecule has 0 amide bonds. The van der Waals surface area contributed by atoms with E-state index in [0.29, 0.717) is 0 Å². The first-order valence-corrected chi connectivity index (χ1v) is 27.8. The topological polar surface area (TPSA) is 52.6 Å². The van der Waals surface area contributed by atoms with Crippen molar-refractivity contribution >= 4 is 10.4 Å². The molecule has 0 aromatic rings. The minimum atomic E-state index is -4.09. The van der Waals surface area contributed by atoms with Crippen LogP contribution in [0.25, 0.3) is 0 Å². The second-order valence-corrected chi connectivity index (χ2v) is 20.9. The largest absolute Gasteiger partial charge is 0.400 e. The lowest BCUT2D eigenvalue weighted by Gasteiger charge is -2.30. The summed E-state index contributed by atoms with van der Waals surface area (Å²) in [6.07, 6.45) is 55.0. The molecule has 0 N–H and O–H groups in total. The van der Waals surface area contributed by atoms with Crippen molar-refractivity contribution in [2.45, 2.75) is 322 Å². The predicted molar refractivity (Wildman–Crippen MR) is 249 cm³/mol. The lowest BCUT2D eigenvalue weighted by atomic mass is 9.88. The van der Waals surface area contributed by atoms with Crippen molar-refractivity contribution in [1.82, 2.24) is 0 Å². The summed E-state index contributed by atoms with van der Waals surface area (Å²) in [5, 5.41) is 0. The molecule has 0 bridgehead atoms. The van der Waals surface area contributed by atoms with Gasteiger partial charge in [0.2, 0.25) is 0 Å². The highest BCUT2D eigenvalue weighted by atomic mass is 32.3. The van der Waals surface area contributed by atoms with Crippen molar-refractivity contribution in [3.63, 3.8) is 0 Å². The summed E-state index contributed by atoms with van der Waals surface area (Å²) in [5.74, 6) is 0. The standard InChI is InChI=1S/C52H102O4S/c1-5-9-13-17-21-25-29-33-37-41-49(51(45-46-51)43-39-35-31-27-23-19-15-11-7-3)55-57(53,54)56-50(42-38-34-30-26-22-18-14-10-6-2)52(47-48-52)44-40-36-32-28-24-20-16-12-8-4/h49-50H,5-48H2,1-4H3. The van der Waals surface area contributed by atoms with Gasteiger partial charge in [0.05, 0.1) is 12.2 Å². The zero-order valence-electron chi connectivity index (χ0n) is 39.3. The fourth-order valence-corrected chi connectivity index (χ4v) is 11.1. The van der Waals surface area contributed by atoms with Gasteiger partial charge in [-0.15, -0.1) is 0 Å². The molecule has 340 valence electrons. The van der Waals surface area contributed by atoms with Crippen LogP contribution >= 0.6 is 0 Å². The molecule has 57 heavy (non-hydrogen) atoms. The van der Waals surface area contributed by atoms with Crippen LogP contribution in [0.15, 0.2) is 0 Å². The van der Waals surface area contributed by atoms with Gasteiger partial charge >= 0.3 is 10.4 Å². The molecule has 0 radical (unpaired) electrons. The molecule has 2 saturated carbocycles. The lowest BCUT2D eigenvalue weighted by Crippen LogP contribution is -2.34. The molecule has 2 fully saturated rings. The Bertz CT molecular complexity index is 914. The highest BCUT2D eigenvalue weighted by molar-refractivity contribution is 7.81. The molecule has 0 heterocycles. The van der Waals surface area contributed by atoms with Crippen LogP contribution in [0.4, 0.5) is 0 Å². The van der Waals surface area contributed by atoms with Gasteiger partial charge in [0.1, 0.15) is 0 Å². The SMILES string of the molecule is CCCCCCCCCCCC(OS(=O)(=O)OC(CCCCCCCCCCC)C1(CCCCCCCCCCC)CC1)C1(CCCCCCCCCCC)CC1. The number of hydrogen-bond acceptors (Lipinski definition) is 4. The Morgan fingerprint density at radius 1 is 0.333 bits per heavy atom. The van der Waals surface area contributed by atoms with Gasteiger partial charge in [-0.3, -0.25) is 0 Å². The number of hydrogen-bond donors (Lipinski definition) is 0. The minimum Gasteiger partial charge on any atom is -0.244 e. The van der Waals surface area contributed by atoms with E-state index >= 15 is 0 Å². The average molecular weight is 823 g/mol. The van der Waals surface area contributed by atoms with Crippen LogP contribution in [0.5, 0.6) is 0 Å². The maximum atomic E-state index is 14.1. The minimum absolute atomic E-state index is 0.0398. The summed E-state index contributed by atoms with van der Waals surface area (Å²) in [4.78, 5) is 0. The van der Waals surface area contributed by atoms with Crippen molar-refractivity contribution in [2.75, 3.05) is 0 Å². The van der Waals surface area contributed by atoms with E-state index in [0.717, 1.165) is 64.2 Å². The summed E-state index contributed by atoms with van der Waals surface area (Å²) in [6, 6.07) is 0. The van der Waals surface area contributed by atoms with E-state index in [2.05, 4.69) is 27.7 Å². The van der Waals surface area contributed by atoms with Crippen molar-refractivity contribution < 1.29 is 16.8 Å². The van der Waals surface area contributed by atoms with Crippen LogP contribution in [0.1, 0.15) is 310 Å². The Kier molecular flexibility index (Phi) is 32.0. The Hall–Kier alpha value is -0.130. The van der Waals surface area contributed by atoms with E-state index < -0.39 is 10.4 Å². The van der Waals surface area contributed by atoms with Gasteiger partial charge in [-0.2, -0.15) is 8.42 Å². The Balaban J connectivity index is 1.99. The fourth-order valence-electron chi connectivity index (χ4n) is 9.86. The van der Waals surface area contributed by atoms with Crippen LogP contribution in [0, 0.1) is 10.8 Å². The van der Waals surface area contributed by atoms with Crippen molar-refractivity contribution in [3.8, 4) is 0 Å². The highest BCUT2D eigenvalue weighted by Crippen LogP contribution is 2.57. The maximum absolute atomic E-state index is 14.1. The fraction of sp³-hybridized carbons (Fsp3) is 1.00. The molecule has 2 rings (SSSR count). The first kappa shape index (κ1) is 53.0. The van der Waals surface area contributed by atoms with Gasteiger partial charge in [-0.05, 0) is 62.2 Å². The zero-order chi connectivity index (χ0) is 41.2. The van der Waals surface area contributed by atoms with Gasteiger partial charge in [0, 0.05) is 0 Å². The van der Waals surface area contributed by atoms with Crippen LogP contribution in [-0.2, 0) is 18.8 Å². The molecular weight excluding hydrogens is 721 g/mol. The normalized spacial score (nSPS) is 16.9. The summed E-state index contributed by atoms with van der Waals surface area (Å²) in [6.45, 7) is 9.15. The van der Waals surface area contributed by atoms with E-state index in [1.165, 1.54) is 218 Å². The summed E-state index contributed by atoms with van der Waals surface area (Å²) in [7, 11) is -4.09. The predicted octanol–water partition coefficient (Wildman–Crippen LogP) is 18.2. The zero-order valence-corrected chi connectivity index (χ0v) is 40.1. The molecule has 0 saturated heterocycles. The molecule has 2 aliphatic rings. The maximum Gasteiger partial charge on any atom is 0.400 e. The molecule has 5 heteroatoms. The Labute approximate surface area is 359 Å². The molecule has 0 aromatic carbocycles. The summed E-state index contributed by atoms with van der Waals surface area (Å²) < 4.78 is 41.0. The van der Waals surface area contributed by atoms with E-state index in [1.807, 2.05) is 0 Å². The monoisotopic (exact) mass is 823 g/mol. The van der Waals surface area contributed by atoms with E-state index in [4.69, 9.17) is 8.37 Å². The third-order valence-electron chi connectivity index (χ3n) is 14.3. The molecule has 0 spiro atoms. The summed E-state index contributed by atoms with van der Waals surface area (Å²) >= 11 is 0. The first-order valence-electron chi connectivity index (χ1n) is 26.5. The van der Waals surface area contributed by atoms with Crippen LogP contribution in [-0.4, -0.2) is 20.6 Å². The molecule has 0 aromatic heterocycles. The second kappa shape index (κ2) is 34.5. The van der Waals surface area contributed by atoms with Gasteiger partial charge < -0.3 is 0 Å². The van der Waals surface area contributed by atoms with E-state index in [9.17, 15) is 8.42 Å². The molecule has 2 unspecified atom stereocenters. The third-order valence-corrected chi connectivity index (χ3v) is 15.3. The van der Waals surface area contributed by atoms with E-state index in [1.54, 1.807) is 0 Å². The molecule has 0 aliphatic heterocycles. The molecule has 2 aliphatic carbocycles. The van der Waals surface area contributed by atoms with E-state index in [-0.39, 0.29) is 23.0 Å². The van der Waals surface area contributed by atoms with Crippen molar-refractivity contribution in [2.24, 2.45) is 10.8 Å². The van der Waals surface area contributed by atoms with Gasteiger partial charge in [0.15, 0.2) is 0 Å². The Morgan fingerprint density at radius 2 is 0.544 bits per heavy atom. The average Bonchev–Trinajstić information content (AvgIpc) is 4.15. The van der Waals surface area contributed by atoms with Gasteiger partial charge in [-0.1, -0.05) is 259 Å². The molecule has 2 atom stereocenters. The van der Waals surface area contributed by atoms with Crippen LogP contribution in [0.3, 0.4) is 0 Å². The molecular formula is C52H102O4S. The van der Waals surface area contributed by atoms with Gasteiger partial charge in [-0.25, -0.2) is 8.37 Å². The lowest BCUT2D eigenvalue weighted by molar-refractivity contribution is 0.0419. The number of unbranched alkanes of at least 4 members (excludes halogenated alkanes) is 32.